The third-order valence-corrected chi connectivity index (χ3v) is 3.27. The molecule has 2 N–H and O–H groups in total. The molecule has 0 aromatic heterocycles. The molecular formula is C11H16BrNO3. The zero-order valence-corrected chi connectivity index (χ0v) is 11.2. The largest absolute Gasteiger partial charge is 0.493 e. The molecule has 0 aliphatic rings. The minimum Gasteiger partial charge on any atom is -0.493 e. The average molecular weight is 290 g/mol. The van der Waals surface area contributed by atoms with Gasteiger partial charge in [0, 0.05) is 6.54 Å². The molecule has 0 radical (unpaired) electrons. The summed E-state index contributed by atoms with van der Waals surface area (Å²) in [6.45, 7) is 2.43. The number of halogens is 1. The van der Waals surface area contributed by atoms with Crippen molar-refractivity contribution >= 4 is 15.9 Å². The van der Waals surface area contributed by atoms with E-state index >= 15 is 0 Å². The van der Waals surface area contributed by atoms with Crippen LogP contribution in [0.3, 0.4) is 0 Å². The normalized spacial score (nSPS) is 10.3. The van der Waals surface area contributed by atoms with E-state index in [1.807, 2.05) is 13.0 Å². The first-order valence-electron chi connectivity index (χ1n) is 4.98. The van der Waals surface area contributed by atoms with Crippen LogP contribution in [-0.2, 0) is 13.0 Å². The Balaban J connectivity index is 3.35. The van der Waals surface area contributed by atoms with Gasteiger partial charge in [0.2, 0.25) is 0 Å². The minimum absolute atomic E-state index is 0.377. The third kappa shape index (κ3) is 2.48. The molecule has 90 valence electrons. The lowest BCUT2D eigenvalue weighted by Gasteiger charge is -2.16. The predicted molar refractivity (Wildman–Crippen MR) is 65.3 cm³/mol. The van der Waals surface area contributed by atoms with Crippen LogP contribution in [0.4, 0.5) is 0 Å². The summed E-state index contributed by atoms with van der Waals surface area (Å²) in [5.41, 5.74) is 4.24. The maximum atomic E-state index is 8.78. The third-order valence-electron chi connectivity index (χ3n) is 2.43. The van der Waals surface area contributed by atoms with Crippen molar-refractivity contribution in [1.82, 2.24) is 5.48 Å². The van der Waals surface area contributed by atoms with E-state index in [2.05, 4.69) is 21.4 Å². The van der Waals surface area contributed by atoms with Gasteiger partial charge in [0.15, 0.2) is 11.5 Å². The van der Waals surface area contributed by atoms with Gasteiger partial charge in [-0.25, -0.2) is 5.48 Å². The first kappa shape index (κ1) is 13.3. The summed E-state index contributed by atoms with van der Waals surface area (Å²) in [5.74, 6) is 1.33. The Hall–Kier alpha value is -0.780. The molecule has 5 heteroatoms. The lowest BCUT2D eigenvalue weighted by Crippen LogP contribution is -2.10. The summed E-state index contributed by atoms with van der Waals surface area (Å²) in [4.78, 5) is 0. The van der Waals surface area contributed by atoms with E-state index in [0.29, 0.717) is 18.0 Å². The van der Waals surface area contributed by atoms with E-state index in [9.17, 15) is 0 Å². The molecule has 0 heterocycles. The Morgan fingerprint density at radius 3 is 2.50 bits per heavy atom. The molecule has 0 aliphatic carbocycles. The van der Waals surface area contributed by atoms with Crippen molar-refractivity contribution in [3.05, 3.63) is 21.7 Å². The summed E-state index contributed by atoms with van der Waals surface area (Å²) in [5, 5.41) is 8.78. The van der Waals surface area contributed by atoms with Crippen LogP contribution in [0.15, 0.2) is 10.5 Å². The van der Waals surface area contributed by atoms with E-state index in [-0.39, 0.29) is 0 Å². The van der Waals surface area contributed by atoms with Crippen molar-refractivity contribution < 1.29 is 14.7 Å². The standard InChI is InChI=1S/C11H16BrNO3/c1-4-8-7(6-13-14)5-9(15-2)11(16-3)10(8)12/h5,13-14H,4,6H2,1-3H3. The van der Waals surface area contributed by atoms with Crippen LogP contribution in [0.25, 0.3) is 0 Å². The fraction of sp³-hybridized carbons (Fsp3) is 0.455. The molecule has 0 unspecified atom stereocenters. The summed E-state index contributed by atoms with van der Waals surface area (Å²) in [6.07, 6.45) is 0.845. The Bertz CT molecular complexity index is 369. The molecule has 0 fully saturated rings. The number of ether oxygens (including phenoxy) is 2. The van der Waals surface area contributed by atoms with E-state index in [1.54, 1.807) is 14.2 Å². The Labute approximate surface area is 104 Å². The van der Waals surface area contributed by atoms with Gasteiger partial charge in [-0.1, -0.05) is 6.92 Å². The van der Waals surface area contributed by atoms with E-state index in [1.165, 1.54) is 0 Å². The number of benzene rings is 1. The molecular weight excluding hydrogens is 274 g/mol. The number of methoxy groups -OCH3 is 2. The minimum atomic E-state index is 0.377. The van der Waals surface area contributed by atoms with Crippen LogP contribution in [0, 0.1) is 0 Å². The van der Waals surface area contributed by atoms with Crippen LogP contribution >= 0.6 is 15.9 Å². The van der Waals surface area contributed by atoms with Crippen LogP contribution in [0.5, 0.6) is 11.5 Å². The van der Waals surface area contributed by atoms with E-state index in [0.717, 1.165) is 22.0 Å². The monoisotopic (exact) mass is 289 g/mol. The highest BCUT2D eigenvalue weighted by molar-refractivity contribution is 9.10. The zero-order chi connectivity index (χ0) is 12.1. The second kappa shape index (κ2) is 6.08. The van der Waals surface area contributed by atoms with Gasteiger partial charge in [0.05, 0.1) is 18.7 Å². The summed E-state index contributed by atoms with van der Waals surface area (Å²) >= 11 is 3.50. The van der Waals surface area contributed by atoms with Crippen molar-refractivity contribution in [1.29, 1.82) is 0 Å². The van der Waals surface area contributed by atoms with Gasteiger partial charge in [0.25, 0.3) is 0 Å². The Morgan fingerprint density at radius 1 is 1.38 bits per heavy atom. The molecule has 1 aromatic carbocycles. The van der Waals surface area contributed by atoms with Gasteiger partial charge in [-0.2, -0.15) is 0 Å². The van der Waals surface area contributed by atoms with E-state index in [4.69, 9.17) is 14.7 Å². The van der Waals surface area contributed by atoms with Gasteiger partial charge >= 0.3 is 0 Å². The highest BCUT2D eigenvalue weighted by Gasteiger charge is 2.16. The number of hydrogen-bond donors (Lipinski definition) is 2. The second-order valence-electron chi connectivity index (χ2n) is 3.25. The van der Waals surface area contributed by atoms with Crippen molar-refractivity contribution in [3.8, 4) is 11.5 Å². The molecule has 0 atom stereocenters. The molecule has 0 saturated heterocycles. The topological polar surface area (TPSA) is 50.7 Å². The van der Waals surface area contributed by atoms with Crippen LogP contribution in [-0.4, -0.2) is 19.4 Å². The van der Waals surface area contributed by atoms with Gasteiger partial charge < -0.3 is 14.7 Å². The lowest BCUT2D eigenvalue weighted by molar-refractivity contribution is 0.161. The quantitative estimate of drug-likeness (QED) is 0.818. The van der Waals surface area contributed by atoms with Crippen molar-refractivity contribution in [2.24, 2.45) is 0 Å². The summed E-state index contributed by atoms with van der Waals surface area (Å²) in [7, 11) is 3.19. The van der Waals surface area contributed by atoms with Gasteiger partial charge in [-0.15, -0.1) is 0 Å². The highest BCUT2D eigenvalue weighted by atomic mass is 79.9. The van der Waals surface area contributed by atoms with Crippen molar-refractivity contribution in [2.45, 2.75) is 19.9 Å². The molecule has 1 rings (SSSR count). The second-order valence-corrected chi connectivity index (χ2v) is 4.05. The maximum Gasteiger partial charge on any atom is 0.175 e. The Kier molecular flexibility index (Phi) is 5.05. The molecule has 4 nitrogen and oxygen atoms in total. The number of hydroxylamine groups is 1. The Morgan fingerprint density at radius 2 is 2.06 bits per heavy atom. The van der Waals surface area contributed by atoms with Gasteiger partial charge in [-0.3, -0.25) is 0 Å². The first-order valence-corrected chi connectivity index (χ1v) is 5.78. The SMILES string of the molecule is CCc1c(CNO)cc(OC)c(OC)c1Br. The summed E-state index contributed by atoms with van der Waals surface area (Å²) < 4.78 is 11.4. The van der Waals surface area contributed by atoms with Crippen molar-refractivity contribution in [3.63, 3.8) is 0 Å². The molecule has 0 aliphatic heterocycles. The smallest absolute Gasteiger partial charge is 0.175 e. The summed E-state index contributed by atoms with van der Waals surface area (Å²) in [6, 6.07) is 1.87. The van der Waals surface area contributed by atoms with E-state index < -0.39 is 0 Å². The fourth-order valence-corrected chi connectivity index (χ4v) is 2.56. The molecule has 0 amide bonds. The van der Waals surface area contributed by atoms with Crippen LogP contribution < -0.4 is 15.0 Å². The van der Waals surface area contributed by atoms with Gasteiger partial charge in [0.1, 0.15) is 0 Å². The average Bonchev–Trinajstić information content (AvgIpc) is 2.29. The molecule has 0 spiro atoms. The molecule has 16 heavy (non-hydrogen) atoms. The molecule has 0 saturated carbocycles. The first-order chi connectivity index (χ1) is 7.69. The van der Waals surface area contributed by atoms with Gasteiger partial charge in [-0.05, 0) is 39.5 Å². The molecule has 1 aromatic rings. The maximum absolute atomic E-state index is 8.78. The van der Waals surface area contributed by atoms with Crippen LogP contribution in [0.1, 0.15) is 18.1 Å². The predicted octanol–water partition coefficient (Wildman–Crippen LogP) is 2.51. The highest BCUT2D eigenvalue weighted by Crippen LogP contribution is 2.39. The lowest BCUT2D eigenvalue weighted by atomic mass is 10.0. The van der Waals surface area contributed by atoms with Crippen molar-refractivity contribution in [2.75, 3.05) is 14.2 Å². The van der Waals surface area contributed by atoms with Crippen LogP contribution in [0.2, 0.25) is 0 Å². The fourth-order valence-electron chi connectivity index (χ4n) is 1.66. The number of hydrogen-bond acceptors (Lipinski definition) is 4. The zero-order valence-electron chi connectivity index (χ0n) is 9.63. The molecule has 0 bridgehead atoms. The number of nitrogens with one attached hydrogen (secondary N) is 1. The number of rotatable bonds is 5.